The number of diazo groups is 1. The van der Waals surface area contributed by atoms with E-state index in [4.69, 9.17) is 10.1 Å². The van der Waals surface area contributed by atoms with E-state index >= 15 is 0 Å². The third-order valence-corrected chi connectivity index (χ3v) is 1.34. The molecule has 0 aliphatic heterocycles. The predicted molar refractivity (Wildman–Crippen MR) is 52.1 cm³/mol. The molecule has 0 bridgehead atoms. The van der Waals surface area contributed by atoms with Gasteiger partial charge >= 0.3 is 12.9 Å². The van der Waals surface area contributed by atoms with Crippen molar-refractivity contribution in [2.75, 3.05) is 7.11 Å². The van der Waals surface area contributed by atoms with E-state index < -0.39 is 7.25 Å². The van der Waals surface area contributed by atoms with Gasteiger partial charge in [-0.2, -0.15) is 0 Å². The van der Waals surface area contributed by atoms with Crippen LogP contribution in [-0.4, -0.2) is 14.4 Å². The van der Waals surface area contributed by atoms with Crippen LogP contribution in [0.1, 0.15) is 5.56 Å². The standard InChI is InChI=1S/C8H9N2O.BF4/c1-11-6-7-3-2-4-8(5-7)10-9;2-1(3,4)5/h2-5H,6H2,1H3;/q+1;-1. The minimum atomic E-state index is -6.00. The van der Waals surface area contributed by atoms with Gasteiger partial charge in [0, 0.05) is 19.2 Å². The minimum Gasteiger partial charge on any atom is -0.418 e. The SMILES string of the molecule is COCc1cccc([N+]#N)c1.F[B-](F)(F)F. The van der Waals surface area contributed by atoms with Crippen LogP contribution in [0.15, 0.2) is 24.3 Å². The molecule has 0 saturated heterocycles. The van der Waals surface area contributed by atoms with E-state index in [1.807, 2.05) is 12.1 Å². The van der Waals surface area contributed by atoms with E-state index in [0.29, 0.717) is 12.3 Å². The summed E-state index contributed by atoms with van der Waals surface area (Å²) in [5, 5.41) is 8.41. The molecule has 8 heteroatoms. The largest absolute Gasteiger partial charge is 0.673 e. The Hall–Kier alpha value is -1.62. The Balaban J connectivity index is 0.000000385. The molecule has 0 N–H and O–H groups in total. The van der Waals surface area contributed by atoms with Gasteiger partial charge in [0.2, 0.25) is 5.39 Å². The lowest BCUT2D eigenvalue weighted by Gasteiger charge is -1.94. The average molecular weight is 236 g/mol. The Morgan fingerprint density at radius 1 is 1.31 bits per heavy atom. The predicted octanol–water partition coefficient (Wildman–Crippen LogP) is 3.62. The van der Waals surface area contributed by atoms with E-state index in [0.717, 1.165) is 5.56 Å². The Bertz CT molecular complexity index is 358. The van der Waals surface area contributed by atoms with Crippen LogP contribution in [0, 0.1) is 5.39 Å². The molecule has 3 nitrogen and oxygen atoms in total. The van der Waals surface area contributed by atoms with E-state index in [-0.39, 0.29) is 0 Å². The number of nitrogens with zero attached hydrogens (tertiary/aromatic N) is 2. The number of methoxy groups -OCH3 is 1. The zero-order valence-corrected chi connectivity index (χ0v) is 8.41. The molecular weight excluding hydrogens is 227 g/mol. The van der Waals surface area contributed by atoms with Crippen LogP contribution in [-0.2, 0) is 11.3 Å². The first-order valence-electron chi connectivity index (χ1n) is 4.17. The van der Waals surface area contributed by atoms with Crippen molar-refractivity contribution in [1.82, 2.24) is 0 Å². The third kappa shape index (κ3) is 8.96. The summed E-state index contributed by atoms with van der Waals surface area (Å²) in [4.78, 5) is 3.06. The maximum absolute atomic E-state index is 9.75. The molecule has 0 aromatic heterocycles. The summed E-state index contributed by atoms with van der Waals surface area (Å²) in [5.41, 5.74) is 1.56. The molecule has 1 rings (SSSR count). The number of ether oxygens (including phenoxy) is 1. The van der Waals surface area contributed by atoms with Crippen LogP contribution in [0.4, 0.5) is 23.0 Å². The Morgan fingerprint density at radius 3 is 2.31 bits per heavy atom. The van der Waals surface area contributed by atoms with Crippen molar-refractivity contribution in [3.8, 4) is 0 Å². The molecule has 16 heavy (non-hydrogen) atoms. The lowest BCUT2D eigenvalue weighted by Crippen LogP contribution is -2.02. The molecular formula is C8H9BF4N2O. The lowest BCUT2D eigenvalue weighted by molar-refractivity contribution is 0.185. The summed E-state index contributed by atoms with van der Waals surface area (Å²) >= 11 is 0. The summed E-state index contributed by atoms with van der Waals surface area (Å²) in [6, 6.07) is 7.23. The van der Waals surface area contributed by atoms with Crippen molar-refractivity contribution in [1.29, 1.82) is 5.39 Å². The number of hydrogen-bond acceptors (Lipinski definition) is 2. The second-order valence-electron chi connectivity index (χ2n) is 2.70. The van der Waals surface area contributed by atoms with Crippen LogP contribution in [0.25, 0.3) is 4.98 Å². The number of rotatable bonds is 2. The second-order valence-corrected chi connectivity index (χ2v) is 2.70. The highest BCUT2D eigenvalue weighted by atomic mass is 19.5. The second kappa shape index (κ2) is 6.79. The van der Waals surface area contributed by atoms with Crippen LogP contribution in [0.3, 0.4) is 0 Å². The number of hydrogen-bond donors (Lipinski definition) is 0. The molecule has 0 saturated carbocycles. The molecule has 0 spiro atoms. The maximum Gasteiger partial charge on any atom is 0.673 e. The van der Waals surface area contributed by atoms with Crippen molar-refractivity contribution in [3.63, 3.8) is 0 Å². The van der Waals surface area contributed by atoms with Gasteiger partial charge in [-0.1, -0.05) is 12.1 Å². The van der Waals surface area contributed by atoms with E-state index in [9.17, 15) is 17.3 Å². The Labute approximate surface area is 89.8 Å². The van der Waals surface area contributed by atoms with E-state index in [2.05, 4.69) is 4.98 Å². The molecule has 88 valence electrons. The zero-order valence-electron chi connectivity index (χ0n) is 8.41. The van der Waals surface area contributed by atoms with Crippen LogP contribution >= 0.6 is 0 Å². The molecule has 0 unspecified atom stereocenters. The number of halogens is 4. The topological polar surface area (TPSA) is 37.4 Å². The Morgan fingerprint density at radius 2 is 1.88 bits per heavy atom. The first kappa shape index (κ1) is 14.4. The fourth-order valence-electron chi connectivity index (χ4n) is 0.875. The van der Waals surface area contributed by atoms with Crippen molar-refractivity contribution in [2.45, 2.75) is 6.61 Å². The van der Waals surface area contributed by atoms with Crippen LogP contribution < -0.4 is 0 Å². The molecule has 1 aromatic rings. The van der Waals surface area contributed by atoms with Gasteiger partial charge in [-0.05, 0) is 5.56 Å². The van der Waals surface area contributed by atoms with Crippen molar-refractivity contribution < 1.29 is 22.0 Å². The molecule has 0 aliphatic carbocycles. The highest BCUT2D eigenvalue weighted by Crippen LogP contribution is 2.13. The van der Waals surface area contributed by atoms with Gasteiger partial charge in [0.05, 0.1) is 6.61 Å². The lowest BCUT2D eigenvalue weighted by atomic mass is 10.2. The van der Waals surface area contributed by atoms with Gasteiger partial charge in [0.1, 0.15) is 0 Å². The van der Waals surface area contributed by atoms with Gasteiger partial charge in [-0.3, -0.25) is 0 Å². The van der Waals surface area contributed by atoms with Gasteiger partial charge < -0.3 is 22.0 Å². The van der Waals surface area contributed by atoms with Gasteiger partial charge in [0.25, 0.3) is 0 Å². The smallest absolute Gasteiger partial charge is 0.418 e. The van der Waals surface area contributed by atoms with E-state index in [1.54, 1.807) is 19.2 Å². The molecule has 1 aromatic carbocycles. The summed E-state index contributed by atoms with van der Waals surface area (Å²) in [6.07, 6.45) is 0. The summed E-state index contributed by atoms with van der Waals surface area (Å²) in [6.45, 7) is 0.545. The van der Waals surface area contributed by atoms with Gasteiger partial charge in [-0.25, -0.2) is 0 Å². The average Bonchev–Trinajstić information content (AvgIpc) is 2.16. The van der Waals surface area contributed by atoms with E-state index in [1.165, 1.54) is 0 Å². The number of benzene rings is 1. The fraction of sp³-hybridized carbons (Fsp3) is 0.250. The quantitative estimate of drug-likeness (QED) is 0.446. The first-order chi connectivity index (χ1) is 7.36. The summed E-state index contributed by atoms with van der Waals surface area (Å²) in [5.74, 6) is 0. The van der Waals surface area contributed by atoms with Crippen molar-refractivity contribution in [2.24, 2.45) is 0 Å². The maximum atomic E-state index is 9.75. The van der Waals surface area contributed by atoms with Gasteiger partial charge in [0.15, 0.2) is 4.98 Å². The minimum absolute atomic E-state index is 0.545. The zero-order chi connectivity index (χ0) is 12.6. The van der Waals surface area contributed by atoms with Crippen molar-refractivity contribution in [3.05, 3.63) is 34.8 Å². The molecule has 0 amide bonds. The third-order valence-electron chi connectivity index (χ3n) is 1.34. The normalized spacial score (nSPS) is 10.0. The molecule has 0 radical (unpaired) electrons. The highest BCUT2D eigenvalue weighted by molar-refractivity contribution is 6.50. The molecule has 0 aliphatic rings. The monoisotopic (exact) mass is 236 g/mol. The summed E-state index contributed by atoms with van der Waals surface area (Å²) in [7, 11) is -4.37. The van der Waals surface area contributed by atoms with Crippen LogP contribution in [0.2, 0.25) is 0 Å². The molecule has 0 fully saturated rings. The fourth-order valence-corrected chi connectivity index (χ4v) is 0.875. The van der Waals surface area contributed by atoms with Gasteiger partial charge in [-0.15, -0.1) is 0 Å². The Kier molecular flexibility index (Phi) is 6.11. The van der Waals surface area contributed by atoms with Crippen molar-refractivity contribution >= 4 is 12.9 Å². The first-order valence-corrected chi connectivity index (χ1v) is 4.17. The summed E-state index contributed by atoms with van der Waals surface area (Å²) < 4.78 is 43.9. The highest BCUT2D eigenvalue weighted by Gasteiger charge is 2.20. The molecule has 0 atom stereocenters. The molecule has 0 heterocycles. The van der Waals surface area contributed by atoms with Crippen LogP contribution in [0.5, 0.6) is 0 Å².